The normalized spacial score (nSPS) is 13.0. The van der Waals surface area contributed by atoms with Crippen LogP contribution in [-0.2, 0) is 6.42 Å². The van der Waals surface area contributed by atoms with E-state index in [0.717, 1.165) is 0 Å². The number of hydrogen-bond donors (Lipinski definition) is 1. The Morgan fingerprint density at radius 1 is 1.07 bits per heavy atom. The Balaban J connectivity index is 3.39. The maximum absolute atomic E-state index is 13.2. The predicted molar refractivity (Wildman–Crippen MR) is 51.3 cm³/mol. The zero-order valence-corrected chi connectivity index (χ0v) is 9.34. The minimum atomic E-state index is -1.44. The van der Waals surface area contributed by atoms with Crippen molar-refractivity contribution in [3.8, 4) is 0 Å². The molecule has 0 aliphatic heterocycles. The number of rotatable bonds is 2. The lowest BCUT2D eigenvalue weighted by molar-refractivity contribution is 0.428. The van der Waals surface area contributed by atoms with Crippen LogP contribution >= 0.6 is 15.9 Å². The second-order valence-electron chi connectivity index (χ2n) is 3.23. The molecule has 1 aromatic rings. The molecule has 0 heterocycles. The van der Waals surface area contributed by atoms with Crippen molar-refractivity contribution in [3.63, 3.8) is 0 Å². The van der Waals surface area contributed by atoms with Gasteiger partial charge < -0.3 is 5.73 Å². The van der Waals surface area contributed by atoms with Crippen molar-refractivity contribution < 1.29 is 17.6 Å². The Kier molecular flexibility index (Phi) is 3.72. The van der Waals surface area contributed by atoms with Gasteiger partial charge in [0, 0.05) is 11.6 Å². The van der Waals surface area contributed by atoms with Crippen LogP contribution in [0.1, 0.15) is 12.5 Å². The third-order valence-electron chi connectivity index (χ3n) is 1.83. The van der Waals surface area contributed by atoms with Crippen molar-refractivity contribution in [1.82, 2.24) is 0 Å². The number of halogens is 5. The van der Waals surface area contributed by atoms with E-state index in [2.05, 4.69) is 15.9 Å². The Labute approximate surface area is 92.4 Å². The summed E-state index contributed by atoms with van der Waals surface area (Å²) < 4.78 is 51.6. The summed E-state index contributed by atoms with van der Waals surface area (Å²) in [6, 6.07) is -0.589. The van der Waals surface area contributed by atoms with E-state index in [-0.39, 0.29) is 6.42 Å². The summed E-state index contributed by atoms with van der Waals surface area (Å²) in [6.07, 6.45) is -0.265. The second kappa shape index (κ2) is 4.49. The molecule has 6 heteroatoms. The molecule has 0 aliphatic rings. The van der Waals surface area contributed by atoms with E-state index in [1.165, 1.54) is 6.92 Å². The van der Waals surface area contributed by atoms with E-state index in [9.17, 15) is 17.6 Å². The van der Waals surface area contributed by atoms with Crippen molar-refractivity contribution in [2.45, 2.75) is 19.4 Å². The molecule has 1 atom stereocenters. The minimum absolute atomic E-state index is 0.265. The molecule has 0 spiro atoms. The van der Waals surface area contributed by atoms with E-state index >= 15 is 0 Å². The standard InChI is InChI=1S/C9H8BrF4N/c1-3(15)2-4-6(11)8(13)5(10)9(14)7(4)12/h3H,2,15H2,1H3. The van der Waals surface area contributed by atoms with Crippen LogP contribution in [0.25, 0.3) is 0 Å². The lowest BCUT2D eigenvalue weighted by Crippen LogP contribution is -2.20. The summed E-state index contributed by atoms with van der Waals surface area (Å²) in [6.45, 7) is 1.48. The van der Waals surface area contributed by atoms with Gasteiger partial charge >= 0.3 is 0 Å². The molecule has 1 unspecified atom stereocenters. The first-order chi connectivity index (χ1) is 6.86. The molecule has 0 fully saturated rings. The summed E-state index contributed by atoms with van der Waals surface area (Å²) in [5.74, 6) is -5.69. The summed E-state index contributed by atoms with van der Waals surface area (Å²) in [4.78, 5) is 0. The van der Waals surface area contributed by atoms with Crippen molar-refractivity contribution in [2.24, 2.45) is 5.73 Å². The highest BCUT2D eigenvalue weighted by Crippen LogP contribution is 2.28. The molecule has 1 rings (SSSR count). The molecule has 0 saturated carbocycles. The molecule has 0 radical (unpaired) electrons. The van der Waals surface area contributed by atoms with Gasteiger partial charge in [0.15, 0.2) is 23.3 Å². The van der Waals surface area contributed by atoms with Crippen LogP contribution in [0.4, 0.5) is 17.6 Å². The Bertz CT molecular complexity index is 363. The van der Waals surface area contributed by atoms with Crippen LogP contribution in [0.3, 0.4) is 0 Å². The van der Waals surface area contributed by atoms with Gasteiger partial charge in [0.1, 0.15) is 0 Å². The monoisotopic (exact) mass is 285 g/mol. The number of benzene rings is 1. The van der Waals surface area contributed by atoms with E-state index in [1.807, 2.05) is 0 Å². The van der Waals surface area contributed by atoms with Gasteiger partial charge in [0.25, 0.3) is 0 Å². The Morgan fingerprint density at radius 2 is 1.47 bits per heavy atom. The van der Waals surface area contributed by atoms with Crippen LogP contribution < -0.4 is 5.73 Å². The van der Waals surface area contributed by atoms with Crippen molar-refractivity contribution >= 4 is 15.9 Å². The SMILES string of the molecule is CC(N)Cc1c(F)c(F)c(Br)c(F)c1F. The van der Waals surface area contributed by atoms with E-state index in [0.29, 0.717) is 0 Å². The van der Waals surface area contributed by atoms with Crippen LogP contribution in [0.5, 0.6) is 0 Å². The average molecular weight is 286 g/mol. The highest BCUT2D eigenvalue weighted by Gasteiger charge is 2.24. The highest BCUT2D eigenvalue weighted by atomic mass is 79.9. The first-order valence-corrected chi connectivity index (χ1v) is 4.91. The van der Waals surface area contributed by atoms with Gasteiger partial charge in [-0.25, -0.2) is 17.6 Å². The van der Waals surface area contributed by atoms with E-state index in [1.54, 1.807) is 0 Å². The molecule has 0 bridgehead atoms. The molecular weight excluding hydrogens is 278 g/mol. The third-order valence-corrected chi connectivity index (χ3v) is 2.52. The molecule has 1 aromatic carbocycles. The van der Waals surface area contributed by atoms with E-state index in [4.69, 9.17) is 5.73 Å². The largest absolute Gasteiger partial charge is 0.328 e. The van der Waals surface area contributed by atoms with Gasteiger partial charge in [-0.05, 0) is 29.3 Å². The zero-order valence-electron chi connectivity index (χ0n) is 7.75. The summed E-state index contributed by atoms with van der Waals surface area (Å²) in [5, 5.41) is 0. The van der Waals surface area contributed by atoms with Crippen molar-refractivity contribution in [1.29, 1.82) is 0 Å². The molecule has 0 saturated heterocycles. The fourth-order valence-corrected chi connectivity index (χ4v) is 1.50. The van der Waals surface area contributed by atoms with Gasteiger partial charge in [-0.15, -0.1) is 0 Å². The first kappa shape index (κ1) is 12.4. The molecule has 1 nitrogen and oxygen atoms in total. The molecule has 0 aromatic heterocycles. The lowest BCUT2D eigenvalue weighted by atomic mass is 10.1. The third kappa shape index (κ3) is 2.31. The van der Waals surface area contributed by atoms with Crippen molar-refractivity contribution in [3.05, 3.63) is 33.3 Å². The van der Waals surface area contributed by atoms with Gasteiger partial charge in [0.2, 0.25) is 0 Å². The zero-order chi connectivity index (χ0) is 11.7. The van der Waals surface area contributed by atoms with E-state index < -0.39 is 39.3 Å². The maximum atomic E-state index is 13.2. The average Bonchev–Trinajstić information content (AvgIpc) is 2.18. The Morgan fingerprint density at radius 3 is 1.80 bits per heavy atom. The molecular formula is C9H8BrF4N. The van der Waals surface area contributed by atoms with Gasteiger partial charge in [0.05, 0.1) is 4.47 Å². The highest BCUT2D eigenvalue weighted by molar-refractivity contribution is 9.10. The lowest BCUT2D eigenvalue weighted by Gasteiger charge is -2.10. The summed E-state index contributed by atoms with van der Waals surface area (Å²) in [7, 11) is 0. The van der Waals surface area contributed by atoms with Crippen molar-refractivity contribution in [2.75, 3.05) is 0 Å². The fraction of sp³-hybridized carbons (Fsp3) is 0.333. The predicted octanol–water partition coefficient (Wildman–Crippen LogP) is 2.90. The fourth-order valence-electron chi connectivity index (χ4n) is 1.15. The summed E-state index contributed by atoms with van der Waals surface area (Å²) in [5.41, 5.74) is 4.65. The maximum Gasteiger partial charge on any atom is 0.176 e. The smallest absolute Gasteiger partial charge is 0.176 e. The van der Waals surface area contributed by atoms with Crippen LogP contribution in [0, 0.1) is 23.3 Å². The molecule has 0 aliphatic carbocycles. The number of hydrogen-bond acceptors (Lipinski definition) is 1. The molecule has 0 amide bonds. The second-order valence-corrected chi connectivity index (χ2v) is 4.02. The van der Waals surface area contributed by atoms with Crippen LogP contribution in [-0.4, -0.2) is 6.04 Å². The first-order valence-electron chi connectivity index (χ1n) is 4.12. The molecule has 84 valence electrons. The topological polar surface area (TPSA) is 26.0 Å². The minimum Gasteiger partial charge on any atom is -0.328 e. The van der Waals surface area contributed by atoms with Gasteiger partial charge in [-0.3, -0.25) is 0 Å². The van der Waals surface area contributed by atoms with Gasteiger partial charge in [-0.2, -0.15) is 0 Å². The number of nitrogens with two attached hydrogens (primary N) is 1. The van der Waals surface area contributed by atoms with Crippen LogP contribution in [0.15, 0.2) is 4.47 Å². The summed E-state index contributed by atoms with van der Waals surface area (Å²) >= 11 is 2.42. The van der Waals surface area contributed by atoms with Gasteiger partial charge in [-0.1, -0.05) is 0 Å². The Hall–Kier alpha value is -0.620. The van der Waals surface area contributed by atoms with Crippen LogP contribution in [0.2, 0.25) is 0 Å². The molecule has 15 heavy (non-hydrogen) atoms. The quantitative estimate of drug-likeness (QED) is 0.505. The molecule has 2 N–H and O–H groups in total.